The molecule has 0 aromatic heterocycles. The van der Waals surface area contributed by atoms with Gasteiger partial charge in [0.25, 0.3) is 11.8 Å². The second-order valence-electron chi connectivity index (χ2n) is 7.09. The summed E-state index contributed by atoms with van der Waals surface area (Å²) in [6, 6.07) is 21.9. The van der Waals surface area contributed by atoms with E-state index in [4.69, 9.17) is 9.47 Å². The molecule has 4 rings (SSSR count). The van der Waals surface area contributed by atoms with Crippen LogP contribution in [0.2, 0.25) is 0 Å². The van der Waals surface area contributed by atoms with Gasteiger partial charge in [0.2, 0.25) is 6.79 Å². The summed E-state index contributed by atoms with van der Waals surface area (Å²) in [6.45, 7) is 0.139. The van der Waals surface area contributed by atoms with Crippen molar-refractivity contribution in [3.8, 4) is 11.5 Å². The number of hydrazone groups is 1. The number of amides is 2. The number of fused-ring (bicyclic) bond motifs is 1. The maximum atomic E-state index is 12.9. The lowest BCUT2D eigenvalue weighted by Crippen LogP contribution is -2.33. The number of rotatable bonds is 7. The van der Waals surface area contributed by atoms with Crippen LogP contribution in [-0.4, -0.2) is 24.8 Å². The number of carbonyl (C=O) groups excluding carboxylic acids is 2. The minimum Gasteiger partial charge on any atom is -0.454 e. The lowest BCUT2D eigenvalue weighted by Gasteiger charge is -2.10. The molecular weight excluding hydrogens is 498 g/mol. The van der Waals surface area contributed by atoms with Gasteiger partial charge in [0.05, 0.1) is 5.56 Å². The summed E-state index contributed by atoms with van der Waals surface area (Å²) in [5.74, 6) is 0.162. The van der Waals surface area contributed by atoms with E-state index in [2.05, 4.69) is 31.8 Å². The van der Waals surface area contributed by atoms with Gasteiger partial charge in [0, 0.05) is 10.7 Å². The van der Waals surface area contributed by atoms with Gasteiger partial charge in [-0.15, -0.1) is 0 Å². The van der Waals surface area contributed by atoms with Crippen molar-refractivity contribution in [1.29, 1.82) is 0 Å². The molecule has 34 heavy (non-hydrogen) atoms. The molecule has 7 nitrogen and oxygen atoms in total. The van der Waals surface area contributed by atoms with Crippen molar-refractivity contribution in [2.45, 2.75) is 0 Å². The van der Waals surface area contributed by atoms with Crippen LogP contribution in [0.5, 0.6) is 11.5 Å². The number of hydrogen-bond donors (Lipinski definition) is 2. The highest BCUT2D eigenvalue weighted by molar-refractivity contribution is 9.10. The molecule has 1 aliphatic heterocycles. The lowest BCUT2D eigenvalue weighted by molar-refractivity contribution is -0.117. The van der Waals surface area contributed by atoms with Gasteiger partial charge in [0.1, 0.15) is 5.70 Å². The Labute approximate surface area is 204 Å². The van der Waals surface area contributed by atoms with E-state index in [1.165, 1.54) is 6.21 Å². The molecular formula is C26H20BrN3O4. The molecule has 170 valence electrons. The van der Waals surface area contributed by atoms with E-state index in [9.17, 15) is 9.59 Å². The lowest BCUT2D eigenvalue weighted by atomic mass is 10.1. The number of nitrogens with zero attached hydrogens (tertiary/aromatic N) is 1. The van der Waals surface area contributed by atoms with Crippen LogP contribution in [0, 0.1) is 0 Å². The SMILES string of the molecule is O=C(NN=CC=Cc1ccccc1)C(=Cc1ccc2c(c1)OCO2)NC(=O)c1ccccc1Br. The Kier molecular flexibility index (Phi) is 7.52. The van der Waals surface area contributed by atoms with Gasteiger partial charge in [0.15, 0.2) is 11.5 Å². The van der Waals surface area contributed by atoms with Gasteiger partial charge >= 0.3 is 0 Å². The molecule has 1 aliphatic rings. The van der Waals surface area contributed by atoms with E-state index in [-0.39, 0.29) is 12.5 Å². The summed E-state index contributed by atoms with van der Waals surface area (Å²) >= 11 is 3.36. The number of ether oxygens (including phenoxy) is 2. The maximum Gasteiger partial charge on any atom is 0.287 e. The molecule has 3 aromatic rings. The Hall–Kier alpha value is -4.17. The first-order valence-corrected chi connectivity index (χ1v) is 11.1. The van der Waals surface area contributed by atoms with Gasteiger partial charge in [-0.2, -0.15) is 5.10 Å². The molecule has 0 spiro atoms. The first-order valence-electron chi connectivity index (χ1n) is 10.3. The molecule has 2 N–H and O–H groups in total. The maximum absolute atomic E-state index is 12.9. The van der Waals surface area contributed by atoms with E-state index in [1.54, 1.807) is 54.6 Å². The average Bonchev–Trinajstić information content (AvgIpc) is 3.32. The first kappa shape index (κ1) is 23.0. The molecule has 8 heteroatoms. The fraction of sp³-hybridized carbons (Fsp3) is 0.0385. The van der Waals surface area contributed by atoms with Crippen molar-refractivity contribution in [3.63, 3.8) is 0 Å². The second-order valence-corrected chi connectivity index (χ2v) is 7.95. The Morgan fingerprint density at radius 2 is 1.68 bits per heavy atom. The Bertz CT molecular complexity index is 1290. The fourth-order valence-corrected chi connectivity index (χ4v) is 3.55. The fourth-order valence-electron chi connectivity index (χ4n) is 3.08. The Balaban J connectivity index is 1.52. The zero-order valence-corrected chi connectivity index (χ0v) is 19.5. The van der Waals surface area contributed by atoms with E-state index in [0.717, 1.165) is 5.56 Å². The summed E-state index contributed by atoms with van der Waals surface area (Å²) in [5.41, 5.74) is 4.50. The number of carbonyl (C=O) groups is 2. The molecule has 0 unspecified atom stereocenters. The molecule has 0 saturated heterocycles. The normalized spacial score (nSPS) is 12.8. The number of allylic oxidation sites excluding steroid dienone is 1. The van der Waals surface area contributed by atoms with Crippen LogP contribution < -0.4 is 20.2 Å². The van der Waals surface area contributed by atoms with Gasteiger partial charge in [-0.3, -0.25) is 9.59 Å². The number of halogens is 1. The van der Waals surface area contributed by atoms with Gasteiger partial charge in [-0.1, -0.05) is 54.6 Å². The topological polar surface area (TPSA) is 89.0 Å². The zero-order chi connectivity index (χ0) is 23.8. The molecule has 0 bridgehead atoms. The summed E-state index contributed by atoms with van der Waals surface area (Å²) in [4.78, 5) is 25.7. The highest BCUT2D eigenvalue weighted by Gasteiger charge is 2.17. The smallest absolute Gasteiger partial charge is 0.287 e. The van der Waals surface area contributed by atoms with Gasteiger partial charge < -0.3 is 14.8 Å². The van der Waals surface area contributed by atoms with Crippen molar-refractivity contribution in [1.82, 2.24) is 10.7 Å². The molecule has 0 atom stereocenters. The zero-order valence-electron chi connectivity index (χ0n) is 17.9. The monoisotopic (exact) mass is 517 g/mol. The average molecular weight is 518 g/mol. The van der Waals surface area contributed by atoms with Crippen LogP contribution in [0.4, 0.5) is 0 Å². The minimum atomic E-state index is -0.581. The van der Waals surface area contributed by atoms with Gasteiger partial charge in [-0.25, -0.2) is 5.43 Å². The largest absolute Gasteiger partial charge is 0.454 e. The van der Waals surface area contributed by atoms with E-state index < -0.39 is 11.8 Å². The summed E-state index contributed by atoms with van der Waals surface area (Å²) < 4.78 is 11.3. The van der Waals surface area contributed by atoms with Crippen LogP contribution in [0.15, 0.2) is 94.1 Å². The quantitative estimate of drug-likeness (QED) is 0.268. The van der Waals surface area contributed by atoms with Crippen molar-refractivity contribution in [2.75, 3.05) is 6.79 Å². The number of benzene rings is 3. The minimum absolute atomic E-state index is 0.0174. The number of nitrogens with one attached hydrogen (secondary N) is 2. The third-order valence-corrected chi connectivity index (χ3v) is 5.43. The molecule has 0 radical (unpaired) electrons. The molecule has 2 amide bonds. The molecule has 3 aromatic carbocycles. The predicted octanol–water partition coefficient (Wildman–Crippen LogP) is 4.76. The highest BCUT2D eigenvalue weighted by Crippen LogP contribution is 2.33. The van der Waals surface area contributed by atoms with Crippen LogP contribution in [0.25, 0.3) is 12.2 Å². The van der Waals surface area contributed by atoms with E-state index >= 15 is 0 Å². The third kappa shape index (κ3) is 5.99. The highest BCUT2D eigenvalue weighted by atomic mass is 79.9. The Morgan fingerprint density at radius 3 is 2.50 bits per heavy atom. The van der Waals surface area contributed by atoms with E-state index in [1.807, 2.05) is 36.4 Å². The van der Waals surface area contributed by atoms with Crippen molar-refractivity contribution in [2.24, 2.45) is 5.10 Å². The first-order chi connectivity index (χ1) is 16.6. The van der Waals surface area contributed by atoms with Crippen LogP contribution in [-0.2, 0) is 4.79 Å². The molecule has 0 aliphatic carbocycles. The predicted molar refractivity (Wildman–Crippen MR) is 134 cm³/mol. The Morgan fingerprint density at radius 1 is 0.912 bits per heavy atom. The summed E-state index contributed by atoms with van der Waals surface area (Å²) in [5, 5.41) is 6.62. The van der Waals surface area contributed by atoms with Crippen LogP contribution in [0.3, 0.4) is 0 Å². The van der Waals surface area contributed by atoms with E-state index in [0.29, 0.717) is 27.1 Å². The molecule has 0 saturated carbocycles. The molecule has 1 heterocycles. The van der Waals surface area contributed by atoms with Crippen molar-refractivity contribution >= 4 is 46.1 Å². The second kappa shape index (κ2) is 11.1. The third-order valence-electron chi connectivity index (χ3n) is 4.73. The van der Waals surface area contributed by atoms with Gasteiger partial charge in [-0.05, 0) is 63.5 Å². The van der Waals surface area contributed by atoms with Crippen molar-refractivity contribution in [3.05, 3.63) is 106 Å². The number of hydrogen-bond acceptors (Lipinski definition) is 5. The summed E-state index contributed by atoms with van der Waals surface area (Å²) in [7, 11) is 0. The summed E-state index contributed by atoms with van der Waals surface area (Å²) in [6.07, 6.45) is 6.56. The van der Waals surface area contributed by atoms with Crippen LogP contribution >= 0.6 is 15.9 Å². The molecule has 0 fully saturated rings. The van der Waals surface area contributed by atoms with Crippen LogP contribution in [0.1, 0.15) is 21.5 Å². The standard InChI is InChI=1S/C26H20BrN3O4/c27-21-11-5-4-10-20(21)25(31)29-22(15-19-12-13-23-24(16-19)34-17-33-23)26(32)30-28-14-6-9-18-7-2-1-3-8-18/h1-16H,17H2,(H,29,31)(H,30,32). The van der Waals surface area contributed by atoms with Crippen molar-refractivity contribution < 1.29 is 19.1 Å².